The van der Waals surface area contributed by atoms with Crippen LogP contribution in [-0.2, 0) is 0 Å². The molecule has 0 saturated carbocycles. The highest BCUT2D eigenvalue weighted by atomic mass is 19.4. The third kappa shape index (κ3) is 1.37. The second-order valence-corrected chi connectivity index (χ2v) is 1.52. The SMILES string of the molecule is C=C(O)C(F)(F)C(F)(F)F. The van der Waals surface area contributed by atoms with E-state index in [1.807, 2.05) is 0 Å². The van der Waals surface area contributed by atoms with Crippen molar-refractivity contribution in [2.24, 2.45) is 0 Å². The van der Waals surface area contributed by atoms with E-state index in [9.17, 15) is 22.0 Å². The van der Waals surface area contributed by atoms with Gasteiger partial charge in [-0.1, -0.05) is 6.58 Å². The molecule has 1 nitrogen and oxygen atoms in total. The fourth-order valence-electron chi connectivity index (χ4n) is 0.164. The van der Waals surface area contributed by atoms with Gasteiger partial charge in [0, 0.05) is 0 Å². The first-order valence-corrected chi connectivity index (χ1v) is 2.02. The Kier molecular flexibility index (Phi) is 1.93. The summed E-state index contributed by atoms with van der Waals surface area (Å²) in [7, 11) is 0. The zero-order valence-corrected chi connectivity index (χ0v) is 4.54. The molecule has 60 valence electrons. The first-order valence-electron chi connectivity index (χ1n) is 2.02. The number of hydrogen-bond donors (Lipinski definition) is 1. The summed E-state index contributed by atoms with van der Waals surface area (Å²) in [6.07, 6.45) is -5.77. The molecule has 0 aromatic rings. The highest BCUT2D eigenvalue weighted by Crippen LogP contribution is 2.38. The Morgan fingerprint density at radius 3 is 1.40 bits per heavy atom. The fourth-order valence-corrected chi connectivity index (χ4v) is 0.164. The molecular weight excluding hydrogens is 159 g/mol. The monoisotopic (exact) mass is 162 g/mol. The van der Waals surface area contributed by atoms with Crippen molar-refractivity contribution in [1.82, 2.24) is 0 Å². The summed E-state index contributed by atoms with van der Waals surface area (Å²) in [6, 6.07) is 0. The van der Waals surface area contributed by atoms with Gasteiger partial charge in [-0.05, 0) is 0 Å². The predicted octanol–water partition coefficient (Wildman–Crippen LogP) is 2.26. The van der Waals surface area contributed by atoms with Crippen LogP contribution in [0.2, 0.25) is 0 Å². The third-order valence-corrected chi connectivity index (χ3v) is 0.718. The summed E-state index contributed by atoms with van der Waals surface area (Å²) in [5, 5.41) is 7.75. The normalized spacial score (nSPS) is 13.3. The predicted molar refractivity (Wildman–Crippen MR) is 22.8 cm³/mol. The van der Waals surface area contributed by atoms with Crippen molar-refractivity contribution in [3.63, 3.8) is 0 Å². The summed E-state index contributed by atoms with van der Waals surface area (Å²) in [6.45, 7) is 2.08. The van der Waals surface area contributed by atoms with Crippen LogP contribution in [0.5, 0.6) is 0 Å². The van der Waals surface area contributed by atoms with E-state index in [1.165, 1.54) is 0 Å². The minimum Gasteiger partial charge on any atom is -0.506 e. The van der Waals surface area contributed by atoms with Crippen LogP contribution < -0.4 is 0 Å². The van der Waals surface area contributed by atoms with Crippen LogP contribution in [0.15, 0.2) is 12.3 Å². The first-order chi connectivity index (χ1) is 4.19. The van der Waals surface area contributed by atoms with E-state index in [-0.39, 0.29) is 0 Å². The van der Waals surface area contributed by atoms with Gasteiger partial charge < -0.3 is 5.11 Å². The Morgan fingerprint density at radius 2 is 1.40 bits per heavy atom. The zero-order chi connectivity index (χ0) is 8.58. The average Bonchev–Trinajstić information content (AvgIpc) is 1.62. The molecule has 0 aromatic heterocycles. The van der Waals surface area contributed by atoms with E-state index >= 15 is 0 Å². The van der Waals surface area contributed by atoms with Gasteiger partial charge in [-0.2, -0.15) is 22.0 Å². The maximum atomic E-state index is 11.6. The van der Waals surface area contributed by atoms with Gasteiger partial charge in [-0.15, -0.1) is 0 Å². The summed E-state index contributed by atoms with van der Waals surface area (Å²) in [4.78, 5) is 0. The van der Waals surface area contributed by atoms with Crippen molar-refractivity contribution in [2.45, 2.75) is 12.1 Å². The molecule has 0 heterocycles. The minimum absolute atomic E-state index is 2.08. The van der Waals surface area contributed by atoms with Crippen LogP contribution in [0.25, 0.3) is 0 Å². The van der Waals surface area contributed by atoms with Gasteiger partial charge in [0.2, 0.25) is 0 Å². The van der Waals surface area contributed by atoms with Crippen molar-refractivity contribution in [1.29, 1.82) is 0 Å². The van der Waals surface area contributed by atoms with Gasteiger partial charge in [0.15, 0.2) is 5.76 Å². The largest absolute Gasteiger partial charge is 0.506 e. The van der Waals surface area contributed by atoms with Gasteiger partial charge in [0.25, 0.3) is 0 Å². The van der Waals surface area contributed by atoms with Crippen LogP contribution in [0.4, 0.5) is 22.0 Å². The van der Waals surface area contributed by atoms with Crippen molar-refractivity contribution in [3.05, 3.63) is 12.3 Å². The Morgan fingerprint density at radius 1 is 1.10 bits per heavy atom. The smallest absolute Gasteiger partial charge is 0.461 e. The molecule has 0 aromatic carbocycles. The summed E-state index contributed by atoms with van der Waals surface area (Å²) < 4.78 is 56.5. The van der Waals surface area contributed by atoms with Gasteiger partial charge in [0.1, 0.15) is 0 Å². The maximum absolute atomic E-state index is 11.6. The van der Waals surface area contributed by atoms with E-state index < -0.39 is 17.9 Å². The fraction of sp³-hybridized carbons (Fsp3) is 0.500. The lowest BCUT2D eigenvalue weighted by Gasteiger charge is -2.17. The molecule has 0 bridgehead atoms. The number of alkyl halides is 5. The Labute approximate surface area is 52.8 Å². The van der Waals surface area contributed by atoms with E-state index in [0.717, 1.165) is 0 Å². The van der Waals surface area contributed by atoms with Crippen molar-refractivity contribution < 1.29 is 27.1 Å². The van der Waals surface area contributed by atoms with Crippen molar-refractivity contribution in [2.75, 3.05) is 0 Å². The maximum Gasteiger partial charge on any atom is 0.461 e. The molecule has 1 N–H and O–H groups in total. The molecule has 0 fully saturated rings. The zero-order valence-electron chi connectivity index (χ0n) is 4.54. The lowest BCUT2D eigenvalue weighted by molar-refractivity contribution is -0.274. The van der Waals surface area contributed by atoms with Crippen LogP contribution in [0, 0.1) is 0 Å². The summed E-state index contributed by atoms with van der Waals surface area (Å²) in [5.74, 6) is -7.40. The molecule has 0 unspecified atom stereocenters. The number of allylic oxidation sites excluding steroid dienone is 1. The Bertz CT molecular complexity index is 146. The molecule has 0 aliphatic rings. The lowest BCUT2D eigenvalue weighted by Crippen LogP contribution is -2.37. The molecule has 6 heteroatoms. The number of halogens is 5. The quantitative estimate of drug-likeness (QED) is 0.463. The molecule has 0 atom stereocenters. The molecule has 0 aliphatic carbocycles. The Hall–Kier alpha value is -0.810. The van der Waals surface area contributed by atoms with E-state index in [0.29, 0.717) is 0 Å². The first kappa shape index (κ1) is 9.19. The lowest BCUT2D eigenvalue weighted by atomic mass is 10.3. The van der Waals surface area contributed by atoms with Crippen LogP contribution in [0.1, 0.15) is 0 Å². The van der Waals surface area contributed by atoms with Gasteiger partial charge in [0.05, 0.1) is 0 Å². The van der Waals surface area contributed by atoms with Gasteiger partial charge in [-0.25, -0.2) is 0 Å². The van der Waals surface area contributed by atoms with Crippen LogP contribution in [-0.4, -0.2) is 17.2 Å². The van der Waals surface area contributed by atoms with Gasteiger partial charge >= 0.3 is 12.1 Å². The standard InChI is InChI=1S/C4H3F5O/c1-2(10)3(5,6)4(7,8)9/h10H,1H2. The van der Waals surface area contributed by atoms with Gasteiger partial charge in [-0.3, -0.25) is 0 Å². The topological polar surface area (TPSA) is 20.2 Å². The minimum atomic E-state index is -5.77. The molecule has 0 amide bonds. The van der Waals surface area contributed by atoms with E-state index in [1.54, 1.807) is 0 Å². The van der Waals surface area contributed by atoms with Crippen molar-refractivity contribution >= 4 is 0 Å². The average molecular weight is 162 g/mol. The van der Waals surface area contributed by atoms with E-state index in [4.69, 9.17) is 5.11 Å². The number of aliphatic hydroxyl groups excluding tert-OH is 1. The van der Waals surface area contributed by atoms with Crippen LogP contribution >= 0.6 is 0 Å². The third-order valence-electron chi connectivity index (χ3n) is 0.718. The van der Waals surface area contributed by atoms with E-state index in [2.05, 4.69) is 6.58 Å². The molecule has 0 saturated heterocycles. The molecule has 0 aliphatic heterocycles. The second kappa shape index (κ2) is 2.10. The number of hydrogen-bond acceptors (Lipinski definition) is 1. The molecule has 0 rings (SSSR count). The molecular formula is C4H3F5O. The number of aliphatic hydroxyl groups is 1. The molecule has 10 heavy (non-hydrogen) atoms. The van der Waals surface area contributed by atoms with Crippen molar-refractivity contribution in [3.8, 4) is 0 Å². The highest BCUT2D eigenvalue weighted by Gasteiger charge is 2.60. The number of rotatable bonds is 1. The second-order valence-electron chi connectivity index (χ2n) is 1.52. The summed E-state index contributed by atoms with van der Waals surface area (Å²) >= 11 is 0. The van der Waals surface area contributed by atoms with Crippen LogP contribution in [0.3, 0.4) is 0 Å². The highest BCUT2D eigenvalue weighted by molar-refractivity contribution is 5.01. The summed E-state index contributed by atoms with van der Waals surface area (Å²) in [5.41, 5.74) is 0. The molecule has 0 radical (unpaired) electrons. The Balaban J connectivity index is 4.57. The molecule has 0 spiro atoms.